The van der Waals surface area contributed by atoms with Crippen molar-refractivity contribution in [2.45, 2.75) is 13.0 Å². The molecule has 0 fully saturated rings. The van der Waals surface area contributed by atoms with Crippen molar-refractivity contribution in [3.8, 4) is 0 Å². The number of thiocarbonyl (C=S) groups is 1. The van der Waals surface area contributed by atoms with Crippen LogP contribution in [0.2, 0.25) is 0 Å². The lowest BCUT2D eigenvalue weighted by molar-refractivity contribution is -0.384. The molecule has 0 bridgehead atoms. The predicted octanol–water partition coefficient (Wildman–Crippen LogP) is 3.36. The van der Waals surface area contributed by atoms with Gasteiger partial charge < -0.3 is 5.32 Å². The topological polar surface area (TPSA) is 84.3 Å². The zero-order valence-electron chi connectivity index (χ0n) is 13.5. The Morgan fingerprint density at radius 1 is 1.20 bits per heavy atom. The van der Waals surface area contributed by atoms with Gasteiger partial charge in [-0.1, -0.05) is 42.5 Å². The maximum atomic E-state index is 11.9. The molecule has 1 unspecified atom stereocenters. The number of nitrogens with one attached hydrogen (secondary N) is 2. The summed E-state index contributed by atoms with van der Waals surface area (Å²) in [6.45, 7) is 1.94. The first-order chi connectivity index (χ1) is 12.0. The van der Waals surface area contributed by atoms with Gasteiger partial charge in [0.15, 0.2) is 5.11 Å². The van der Waals surface area contributed by atoms with Crippen LogP contribution in [-0.2, 0) is 4.79 Å². The van der Waals surface area contributed by atoms with Gasteiger partial charge in [0.1, 0.15) is 0 Å². The van der Waals surface area contributed by atoms with Gasteiger partial charge in [0.2, 0.25) is 5.91 Å². The minimum Gasteiger partial charge on any atom is -0.356 e. The van der Waals surface area contributed by atoms with E-state index in [-0.39, 0.29) is 16.8 Å². The van der Waals surface area contributed by atoms with Crippen molar-refractivity contribution in [2.24, 2.45) is 0 Å². The van der Waals surface area contributed by atoms with E-state index in [0.29, 0.717) is 5.56 Å². The van der Waals surface area contributed by atoms with Crippen molar-refractivity contribution in [2.75, 3.05) is 0 Å². The summed E-state index contributed by atoms with van der Waals surface area (Å²) in [7, 11) is 0. The zero-order valence-corrected chi connectivity index (χ0v) is 14.3. The van der Waals surface area contributed by atoms with E-state index < -0.39 is 10.8 Å². The second-order valence-electron chi connectivity index (χ2n) is 5.28. The summed E-state index contributed by atoms with van der Waals surface area (Å²) in [5, 5.41) is 16.5. The Kier molecular flexibility index (Phi) is 6.36. The van der Waals surface area contributed by atoms with Gasteiger partial charge in [-0.25, -0.2) is 0 Å². The number of hydrogen-bond acceptors (Lipinski definition) is 4. The van der Waals surface area contributed by atoms with E-state index in [1.807, 2.05) is 37.3 Å². The monoisotopic (exact) mass is 355 g/mol. The molecule has 128 valence electrons. The van der Waals surface area contributed by atoms with E-state index in [4.69, 9.17) is 12.2 Å². The molecule has 0 saturated heterocycles. The number of non-ortho nitro benzene ring substituents is 1. The number of hydrogen-bond donors (Lipinski definition) is 2. The predicted molar refractivity (Wildman–Crippen MR) is 101 cm³/mol. The highest BCUT2D eigenvalue weighted by Gasteiger charge is 2.08. The summed E-state index contributed by atoms with van der Waals surface area (Å²) in [5.41, 5.74) is 1.57. The Morgan fingerprint density at radius 2 is 1.92 bits per heavy atom. The average molecular weight is 355 g/mol. The standard InChI is InChI=1S/C18H17N3O3S/c1-13(15-7-3-2-4-8-15)19-18(25)20-17(22)11-10-14-6-5-9-16(12-14)21(23)24/h2-13H,1H3,(H2,19,20,22,25)/b11-10+. The quantitative estimate of drug-likeness (QED) is 0.372. The summed E-state index contributed by atoms with van der Waals surface area (Å²) in [6.07, 6.45) is 2.77. The fraction of sp³-hybridized carbons (Fsp3) is 0.111. The molecular formula is C18H17N3O3S. The molecule has 25 heavy (non-hydrogen) atoms. The van der Waals surface area contributed by atoms with Crippen LogP contribution in [0.1, 0.15) is 24.1 Å². The molecule has 7 heteroatoms. The van der Waals surface area contributed by atoms with E-state index >= 15 is 0 Å². The minimum atomic E-state index is -0.485. The normalized spacial score (nSPS) is 11.7. The highest BCUT2D eigenvalue weighted by molar-refractivity contribution is 7.80. The van der Waals surface area contributed by atoms with E-state index in [0.717, 1.165) is 5.56 Å². The molecule has 6 nitrogen and oxygen atoms in total. The first-order valence-electron chi connectivity index (χ1n) is 7.54. The van der Waals surface area contributed by atoms with Crippen LogP contribution in [0.5, 0.6) is 0 Å². The Bertz CT molecular complexity index is 806. The highest BCUT2D eigenvalue weighted by Crippen LogP contribution is 2.14. The molecule has 1 amide bonds. The lowest BCUT2D eigenvalue weighted by atomic mass is 10.1. The van der Waals surface area contributed by atoms with Gasteiger partial charge in [0, 0.05) is 18.2 Å². The summed E-state index contributed by atoms with van der Waals surface area (Å²) in [5.74, 6) is -0.413. The lowest BCUT2D eigenvalue weighted by Gasteiger charge is -2.16. The molecule has 0 aromatic heterocycles. The van der Waals surface area contributed by atoms with Gasteiger partial charge in [-0.05, 0) is 36.3 Å². The third kappa shape index (κ3) is 5.82. The van der Waals surface area contributed by atoms with Crippen molar-refractivity contribution in [3.05, 3.63) is 81.9 Å². The molecule has 0 aliphatic carbocycles. The van der Waals surface area contributed by atoms with Crippen molar-refractivity contribution in [1.82, 2.24) is 10.6 Å². The summed E-state index contributed by atoms with van der Waals surface area (Å²) < 4.78 is 0. The molecular weight excluding hydrogens is 338 g/mol. The summed E-state index contributed by atoms with van der Waals surface area (Å²) >= 11 is 5.13. The van der Waals surface area contributed by atoms with Crippen LogP contribution in [0, 0.1) is 10.1 Å². The number of nitrogens with zero attached hydrogens (tertiary/aromatic N) is 1. The lowest BCUT2D eigenvalue weighted by Crippen LogP contribution is -2.39. The molecule has 2 rings (SSSR count). The SMILES string of the molecule is CC(NC(=S)NC(=O)/C=C/c1cccc([N+](=O)[O-])c1)c1ccccc1. The second kappa shape index (κ2) is 8.70. The first kappa shape index (κ1) is 18.3. The summed E-state index contributed by atoms with van der Waals surface area (Å²) in [4.78, 5) is 22.2. The van der Waals surface area contributed by atoms with Crippen LogP contribution in [0.25, 0.3) is 6.08 Å². The Labute approximate surface area is 150 Å². The van der Waals surface area contributed by atoms with Crippen LogP contribution in [0.15, 0.2) is 60.7 Å². The van der Waals surface area contributed by atoms with E-state index in [1.165, 1.54) is 24.3 Å². The van der Waals surface area contributed by atoms with Crippen molar-refractivity contribution >= 4 is 35.0 Å². The number of benzene rings is 2. The average Bonchev–Trinajstić information content (AvgIpc) is 2.60. The fourth-order valence-corrected chi connectivity index (χ4v) is 2.40. The Morgan fingerprint density at radius 3 is 2.60 bits per heavy atom. The maximum Gasteiger partial charge on any atom is 0.270 e. The number of carbonyl (C=O) groups is 1. The molecule has 0 aliphatic heterocycles. The minimum absolute atomic E-state index is 0.0311. The molecule has 0 aliphatic rings. The second-order valence-corrected chi connectivity index (χ2v) is 5.69. The largest absolute Gasteiger partial charge is 0.356 e. The Hall–Kier alpha value is -3.06. The molecule has 2 aromatic carbocycles. The third-order valence-corrected chi connectivity index (χ3v) is 3.61. The molecule has 2 aromatic rings. The van der Waals surface area contributed by atoms with Gasteiger partial charge >= 0.3 is 0 Å². The van der Waals surface area contributed by atoms with Crippen molar-refractivity contribution in [3.63, 3.8) is 0 Å². The van der Waals surface area contributed by atoms with E-state index in [9.17, 15) is 14.9 Å². The molecule has 0 saturated carbocycles. The summed E-state index contributed by atoms with van der Waals surface area (Å²) in [6, 6.07) is 15.7. The van der Waals surface area contributed by atoms with E-state index in [1.54, 1.807) is 12.1 Å². The number of carbonyl (C=O) groups excluding carboxylic acids is 1. The van der Waals surface area contributed by atoms with Crippen LogP contribution in [0.3, 0.4) is 0 Å². The maximum absolute atomic E-state index is 11.9. The number of nitro groups is 1. The fourth-order valence-electron chi connectivity index (χ4n) is 2.13. The van der Waals surface area contributed by atoms with Crippen LogP contribution >= 0.6 is 12.2 Å². The molecule has 2 N–H and O–H groups in total. The van der Waals surface area contributed by atoms with Crippen LogP contribution < -0.4 is 10.6 Å². The van der Waals surface area contributed by atoms with Crippen molar-refractivity contribution in [1.29, 1.82) is 0 Å². The van der Waals surface area contributed by atoms with Gasteiger partial charge in [0.05, 0.1) is 11.0 Å². The highest BCUT2D eigenvalue weighted by atomic mass is 32.1. The molecule has 1 atom stereocenters. The molecule has 0 heterocycles. The number of nitro benzene ring substituents is 1. The van der Waals surface area contributed by atoms with Gasteiger partial charge in [-0.3, -0.25) is 20.2 Å². The van der Waals surface area contributed by atoms with Crippen LogP contribution in [-0.4, -0.2) is 15.9 Å². The first-order valence-corrected chi connectivity index (χ1v) is 7.95. The number of rotatable bonds is 5. The van der Waals surface area contributed by atoms with Gasteiger partial charge in [-0.15, -0.1) is 0 Å². The Balaban J connectivity index is 1.90. The number of amides is 1. The molecule has 0 radical (unpaired) electrons. The van der Waals surface area contributed by atoms with Crippen molar-refractivity contribution < 1.29 is 9.72 Å². The third-order valence-electron chi connectivity index (χ3n) is 3.39. The van der Waals surface area contributed by atoms with Gasteiger partial charge in [-0.2, -0.15) is 0 Å². The van der Waals surface area contributed by atoms with Gasteiger partial charge in [0.25, 0.3) is 5.69 Å². The smallest absolute Gasteiger partial charge is 0.270 e. The molecule has 0 spiro atoms. The zero-order chi connectivity index (χ0) is 18.2. The van der Waals surface area contributed by atoms with E-state index in [2.05, 4.69) is 10.6 Å². The van der Waals surface area contributed by atoms with Crippen LogP contribution in [0.4, 0.5) is 5.69 Å².